The van der Waals surface area contributed by atoms with E-state index in [4.69, 9.17) is 4.74 Å². The van der Waals surface area contributed by atoms with E-state index < -0.39 is 23.6 Å². The van der Waals surface area contributed by atoms with Crippen molar-refractivity contribution in [3.05, 3.63) is 47.1 Å². The number of halogens is 3. The van der Waals surface area contributed by atoms with E-state index in [-0.39, 0.29) is 30.4 Å². The molecular formula is C21H20F3N3O3S. The first kappa shape index (κ1) is 21.4. The van der Waals surface area contributed by atoms with Crippen LogP contribution in [0.5, 0.6) is 0 Å². The van der Waals surface area contributed by atoms with E-state index in [1.807, 2.05) is 0 Å². The van der Waals surface area contributed by atoms with E-state index in [1.165, 1.54) is 28.4 Å². The maximum Gasteiger partial charge on any atom is 0.416 e. The Morgan fingerprint density at radius 3 is 2.87 bits per heavy atom. The van der Waals surface area contributed by atoms with Crippen LogP contribution in [-0.2, 0) is 15.7 Å². The van der Waals surface area contributed by atoms with Crippen LogP contribution >= 0.6 is 11.3 Å². The normalized spacial score (nSPS) is 17.2. The number of hydrogen-bond acceptors (Lipinski definition) is 5. The number of esters is 1. The second kappa shape index (κ2) is 8.33. The summed E-state index contributed by atoms with van der Waals surface area (Å²) in [7, 11) is 0. The van der Waals surface area contributed by atoms with Crippen molar-refractivity contribution in [3.8, 4) is 11.3 Å². The third-order valence-electron chi connectivity index (χ3n) is 5.26. The minimum atomic E-state index is -4.50. The number of ether oxygens (including phenoxy) is 1. The number of carbonyl (C=O) groups is 2. The Labute approximate surface area is 180 Å². The average Bonchev–Trinajstić information content (AvgIpc) is 3.34. The summed E-state index contributed by atoms with van der Waals surface area (Å²) in [6, 6.07) is 4.86. The van der Waals surface area contributed by atoms with Gasteiger partial charge in [0.15, 0.2) is 10.7 Å². The highest BCUT2D eigenvalue weighted by Crippen LogP contribution is 2.35. The van der Waals surface area contributed by atoms with Gasteiger partial charge in [0.1, 0.15) is 0 Å². The van der Waals surface area contributed by atoms with Crippen LogP contribution in [0.25, 0.3) is 16.2 Å². The van der Waals surface area contributed by atoms with E-state index in [9.17, 15) is 22.8 Å². The van der Waals surface area contributed by atoms with Crippen molar-refractivity contribution >= 4 is 28.2 Å². The fraction of sp³-hybridized carbons (Fsp3) is 0.381. The molecule has 2 aromatic heterocycles. The SMILES string of the molecule is CCOC(=O)C1CCCN(C(=O)c2nc3sccn3c2-c2cccc(C(F)(F)F)c2)C1. The fourth-order valence-corrected chi connectivity index (χ4v) is 4.53. The van der Waals surface area contributed by atoms with Gasteiger partial charge in [0, 0.05) is 30.2 Å². The molecule has 0 N–H and O–H groups in total. The average molecular weight is 451 g/mol. The number of hydrogen-bond donors (Lipinski definition) is 0. The van der Waals surface area contributed by atoms with Gasteiger partial charge in [0.05, 0.1) is 23.8 Å². The zero-order valence-corrected chi connectivity index (χ0v) is 17.5. The number of piperidine rings is 1. The van der Waals surface area contributed by atoms with Gasteiger partial charge < -0.3 is 9.64 Å². The molecule has 0 bridgehead atoms. The molecule has 1 unspecified atom stereocenters. The molecule has 1 aliphatic heterocycles. The molecule has 0 saturated carbocycles. The third-order valence-corrected chi connectivity index (χ3v) is 6.01. The Morgan fingerprint density at radius 1 is 1.32 bits per heavy atom. The molecule has 0 aliphatic carbocycles. The van der Waals surface area contributed by atoms with Crippen molar-refractivity contribution < 1.29 is 27.5 Å². The van der Waals surface area contributed by atoms with Gasteiger partial charge in [-0.1, -0.05) is 12.1 Å². The summed E-state index contributed by atoms with van der Waals surface area (Å²) in [5, 5.41) is 1.76. The summed E-state index contributed by atoms with van der Waals surface area (Å²) < 4.78 is 46.5. The Morgan fingerprint density at radius 2 is 2.13 bits per heavy atom. The molecule has 4 rings (SSSR count). The van der Waals surface area contributed by atoms with E-state index in [2.05, 4.69) is 4.98 Å². The van der Waals surface area contributed by atoms with Crippen molar-refractivity contribution in [3.63, 3.8) is 0 Å². The zero-order valence-electron chi connectivity index (χ0n) is 16.7. The van der Waals surface area contributed by atoms with Crippen molar-refractivity contribution in [1.29, 1.82) is 0 Å². The lowest BCUT2D eigenvalue weighted by atomic mass is 9.97. The van der Waals surface area contributed by atoms with Crippen molar-refractivity contribution in [2.45, 2.75) is 25.9 Å². The fourth-order valence-electron chi connectivity index (χ4n) is 3.82. The first-order valence-electron chi connectivity index (χ1n) is 9.88. The van der Waals surface area contributed by atoms with Crippen LogP contribution in [0.15, 0.2) is 35.8 Å². The highest BCUT2D eigenvalue weighted by atomic mass is 32.1. The number of alkyl halides is 3. The number of imidazole rings is 1. The molecule has 164 valence electrons. The van der Waals surface area contributed by atoms with Crippen LogP contribution in [-0.4, -0.2) is 45.9 Å². The molecule has 3 heterocycles. The van der Waals surface area contributed by atoms with E-state index in [0.29, 0.717) is 30.0 Å². The summed E-state index contributed by atoms with van der Waals surface area (Å²) in [5.74, 6) is -1.17. The van der Waals surface area contributed by atoms with Gasteiger partial charge in [-0.25, -0.2) is 4.98 Å². The maximum absolute atomic E-state index is 13.3. The van der Waals surface area contributed by atoms with E-state index >= 15 is 0 Å². The molecule has 1 fully saturated rings. The van der Waals surface area contributed by atoms with Crippen molar-refractivity contribution in [1.82, 2.24) is 14.3 Å². The van der Waals surface area contributed by atoms with E-state index in [1.54, 1.807) is 22.9 Å². The molecule has 0 spiro atoms. The number of thiazole rings is 1. The summed E-state index contributed by atoms with van der Waals surface area (Å²) in [5.41, 5.74) is -0.154. The second-order valence-corrected chi connectivity index (χ2v) is 8.16. The topological polar surface area (TPSA) is 63.9 Å². The second-order valence-electron chi connectivity index (χ2n) is 7.29. The number of aromatic nitrogens is 2. The Bertz CT molecular complexity index is 1120. The third kappa shape index (κ3) is 4.16. The number of fused-ring (bicyclic) bond motifs is 1. The molecule has 1 saturated heterocycles. The van der Waals surface area contributed by atoms with Gasteiger partial charge in [-0.05, 0) is 31.9 Å². The zero-order chi connectivity index (χ0) is 22.2. The van der Waals surface area contributed by atoms with Crippen LogP contribution < -0.4 is 0 Å². The summed E-state index contributed by atoms with van der Waals surface area (Å²) in [6.07, 6.45) is -1.56. The lowest BCUT2D eigenvalue weighted by Crippen LogP contribution is -2.43. The largest absolute Gasteiger partial charge is 0.466 e. The monoisotopic (exact) mass is 451 g/mol. The van der Waals surface area contributed by atoms with Gasteiger partial charge in [-0.2, -0.15) is 13.2 Å². The van der Waals surface area contributed by atoms with Crippen LogP contribution in [0.3, 0.4) is 0 Å². The summed E-state index contributed by atoms with van der Waals surface area (Å²) in [4.78, 5) is 31.9. The Balaban J connectivity index is 1.72. The maximum atomic E-state index is 13.3. The van der Waals surface area contributed by atoms with Gasteiger partial charge in [0.25, 0.3) is 5.91 Å². The smallest absolute Gasteiger partial charge is 0.416 e. The van der Waals surface area contributed by atoms with Gasteiger partial charge in [0.2, 0.25) is 0 Å². The lowest BCUT2D eigenvalue weighted by Gasteiger charge is -2.31. The van der Waals surface area contributed by atoms with Crippen molar-refractivity contribution in [2.24, 2.45) is 5.92 Å². The minimum Gasteiger partial charge on any atom is -0.466 e. The predicted molar refractivity (Wildman–Crippen MR) is 109 cm³/mol. The van der Waals surface area contributed by atoms with Crippen LogP contribution in [0.1, 0.15) is 35.8 Å². The van der Waals surface area contributed by atoms with Gasteiger partial charge in [-0.3, -0.25) is 14.0 Å². The molecule has 1 amide bonds. The molecular weight excluding hydrogens is 431 g/mol. The number of benzene rings is 1. The van der Waals surface area contributed by atoms with Crippen molar-refractivity contribution in [2.75, 3.05) is 19.7 Å². The minimum absolute atomic E-state index is 0.0793. The highest BCUT2D eigenvalue weighted by molar-refractivity contribution is 7.15. The summed E-state index contributed by atoms with van der Waals surface area (Å²) >= 11 is 1.29. The number of carbonyl (C=O) groups excluding carboxylic acids is 2. The molecule has 0 radical (unpaired) electrons. The molecule has 3 aromatic rings. The highest BCUT2D eigenvalue weighted by Gasteiger charge is 2.34. The lowest BCUT2D eigenvalue weighted by molar-refractivity contribution is -0.149. The molecule has 1 aliphatic rings. The predicted octanol–water partition coefficient (Wildman–Crippen LogP) is 4.50. The Hall–Kier alpha value is -2.88. The first-order chi connectivity index (χ1) is 14.8. The molecule has 1 aromatic carbocycles. The van der Waals surface area contributed by atoms with Crippen LogP contribution in [0.2, 0.25) is 0 Å². The van der Waals surface area contributed by atoms with Gasteiger partial charge >= 0.3 is 12.1 Å². The molecule has 31 heavy (non-hydrogen) atoms. The number of rotatable bonds is 4. The standard InChI is InChI=1S/C21H20F3N3O3S/c1-2-30-19(29)14-6-4-8-26(12-14)18(28)16-17(27-9-10-31-20(27)25-16)13-5-3-7-15(11-13)21(22,23)24/h3,5,7,9-11,14H,2,4,6,8,12H2,1H3. The summed E-state index contributed by atoms with van der Waals surface area (Å²) in [6.45, 7) is 2.63. The number of nitrogens with zero attached hydrogens (tertiary/aromatic N) is 3. The van der Waals surface area contributed by atoms with Crippen LogP contribution in [0.4, 0.5) is 13.2 Å². The molecule has 10 heteroatoms. The van der Waals surface area contributed by atoms with Gasteiger partial charge in [-0.15, -0.1) is 11.3 Å². The number of likely N-dealkylation sites (tertiary alicyclic amines) is 1. The first-order valence-corrected chi connectivity index (χ1v) is 10.8. The quantitative estimate of drug-likeness (QED) is 0.548. The molecule has 6 nitrogen and oxygen atoms in total. The molecule has 1 atom stereocenters. The van der Waals surface area contributed by atoms with E-state index in [0.717, 1.165) is 12.1 Å². The Kier molecular flexibility index (Phi) is 5.74. The number of amides is 1. The van der Waals surface area contributed by atoms with Crippen LogP contribution in [0, 0.1) is 5.92 Å².